The maximum atomic E-state index is 13.0. The average molecular weight is 455 g/mol. The SMILES string of the molecule is CCOc1ccc(NC(=O)C(C)OC(=O)CN2c3cccc4cccc(c34)S2(=O)=O)cc1. The van der Waals surface area contributed by atoms with E-state index in [1.165, 1.54) is 13.0 Å². The zero-order valence-corrected chi connectivity index (χ0v) is 18.4. The van der Waals surface area contributed by atoms with Crippen LogP contribution in [0.5, 0.6) is 5.75 Å². The van der Waals surface area contributed by atoms with E-state index in [1.54, 1.807) is 42.5 Å². The average Bonchev–Trinajstić information content (AvgIpc) is 2.98. The second-order valence-electron chi connectivity index (χ2n) is 7.22. The molecular weight excluding hydrogens is 432 g/mol. The van der Waals surface area contributed by atoms with Crippen LogP contribution in [0.2, 0.25) is 0 Å². The molecule has 1 unspecified atom stereocenters. The van der Waals surface area contributed by atoms with E-state index >= 15 is 0 Å². The van der Waals surface area contributed by atoms with Crippen molar-refractivity contribution in [3.05, 3.63) is 60.7 Å². The van der Waals surface area contributed by atoms with Gasteiger partial charge in [-0.15, -0.1) is 0 Å². The Morgan fingerprint density at radius 2 is 1.72 bits per heavy atom. The van der Waals surface area contributed by atoms with Gasteiger partial charge >= 0.3 is 5.97 Å². The molecule has 8 nitrogen and oxygen atoms in total. The molecule has 9 heteroatoms. The third-order valence-electron chi connectivity index (χ3n) is 5.06. The van der Waals surface area contributed by atoms with Crippen molar-refractivity contribution in [2.75, 3.05) is 22.8 Å². The quantitative estimate of drug-likeness (QED) is 0.550. The number of carbonyl (C=O) groups is 2. The van der Waals surface area contributed by atoms with Gasteiger partial charge in [-0.25, -0.2) is 8.42 Å². The zero-order valence-electron chi connectivity index (χ0n) is 17.6. The lowest BCUT2D eigenvalue weighted by Gasteiger charge is -2.19. The minimum absolute atomic E-state index is 0.152. The molecule has 0 aromatic heterocycles. The van der Waals surface area contributed by atoms with Gasteiger partial charge in [0.25, 0.3) is 15.9 Å². The van der Waals surface area contributed by atoms with Crippen LogP contribution in [0.1, 0.15) is 13.8 Å². The van der Waals surface area contributed by atoms with E-state index in [2.05, 4.69) is 5.32 Å². The number of sulfonamides is 1. The van der Waals surface area contributed by atoms with Crippen LogP contribution in [-0.4, -0.2) is 39.5 Å². The number of hydrogen-bond donors (Lipinski definition) is 1. The Labute approximate surface area is 185 Å². The molecule has 1 aliphatic heterocycles. The lowest BCUT2D eigenvalue weighted by Crippen LogP contribution is -2.37. The van der Waals surface area contributed by atoms with Crippen LogP contribution in [0.15, 0.2) is 65.6 Å². The molecule has 0 aliphatic carbocycles. The number of ether oxygens (including phenoxy) is 2. The molecule has 32 heavy (non-hydrogen) atoms. The van der Waals surface area contributed by atoms with Gasteiger partial charge in [0.2, 0.25) is 0 Å². The summed E-state index contributed by atoms with van der Waals surface area (Å²) in [6, 6.07) is 16.9. The van der Waals surface area contributed by atoms with Crippen molar-refractivity contribution >= 4 is 44.0 Å². The van der Waals surface area contributed by atoms with Gasteiger partial charge < -0.3 is 14.8 Å². The summed E-state index contributed by atoms with van der Waals surface area (Å²) < 4.78 is 37.5. The van der Waals surface area contributed by atoms with Gasteiger partial charge in [0.1, 0.15) is 12.3 Å². The van der Waals surface area contributed by atoms with E-state index in [0.29, 0.717) is 29.1 Å². The van der Waals surface area contributed by atoms with Crippen LogP contribution >= 0.6 is 0 Å². The van der Waals surface area contributed by atoms with Crippen molar-refractivity contribution in [1.29, 1.82) is 0 Å². The van der Waals surface area contributed by atoms with E-state index in [1.807, 2.05) is 19.1 Å². The molecule has 3 aromatic carbocycles. The number of amides is 1. The number of rotatable bonds is 7. The van der Waals surface area contributed by atoms with Gasteiger partial charge in [0.15, 0.2) is 6.10 Å². The van der Waals surface area contributed by atoms with Crippen LogP contribution in [0, 0.1) is 0 Å². The molecule has 0 fully saturated rings. The summed E-state index contributed by atoms with van der Waals surface area (Å²) in [5, 5.41) is 3.99. The monoisotopic (exact) mass is 454 g/mol. The van der Waals surface area contributed by atoms with Gasteiger partial charge in [-0.3, -0.25) is 13.9 Å². The highest BCUT2D eigenvalue weighted by atomic mass is 32.2. The van der Waals surface area contributed by atoms with E-state index in [-0.39, 0.29) is 4.90 Å². The molecule has 1 atom stereocenters. The smallest absolute Gasteiger partial charge is 0.327 e. The van der Waals surface area contributed by atoms with Crippen LogP contribution in [-0.2, 0) is 24.3 Å². The molecule has 1 amide bonds. The molecule has 1 N–H and O–H groups in total. The van der Waals surface area contributed by atoms with Crippen molar-refractivity contribution in [3.63, 3.8) is 0 Å². The first kappa shape index (κ1) is 21.6. The van der Waals surface area contributed by atoms with E-state index < -0.39 is 34.5 Å². The van der Waals surface area contributed by atoms with E-state index in [9.17, 15) is 18.0 Å². The Balaban J connectivity index is 1.42. The van der Waals surface area contributed by atoms with Gasteiger partial charge in [0.05, 0.1) is 17.2 Å². The van der Waals surface area contributed by atoms with Crippen LogP contribution in [0.4, 0.5) is 11.4 Å². The van der Waals surface area contributed by atoms with Gasteiger partial charge in [-0.2, -0.15) is 0 Å². The molecule has 4 rings (SSSR count). The number of benzene rings is 3. The number of carbonyl (C=O) groups excluding carboxylic acids is 2. The minimum Gasteiger partial charge on any atom is -0.494 e. The van der Waals surface area contributed by atoms with Crippen molar-refractivity contribution < 1.29 is 27.5 Å². The molecule has 1 aliphatic rings. The number of nitrogens with zero attached hydrogens (tertiary/aromatic N) is 1. The number of hydrogen-bond acceptors (Lipinski definition) is 6. The van der Waals surface area contributed by atoms with Crippen LogP contribution in [0.3, 0.4) is 0 Å². The van der Waals surface area contributed by atoms with E-state index in [0.717, 1.165) is 9.69 Å². The summed E-state index contributed by atoms with van der Waals surface area (Å²) in [6.07, 6.45) is -1.11. The highest BCUT2D eigenvalue weighted by Gasteiger charge is 2.37. The highest BCUT2D eigenvalue weighted by molar-refractivity contribution is 7.93. The fraction of sp³-hybridized carbons (Fsp3) is 0.217. The van der Waals surface area contributed by atoms with Gasteiger partial charge in [-0.05, 0) is 55.6 Å². The van der Waals surface area contributed by atoms with Crippen LogP contribution < -0.4 is 14.4 Å². The second kappa shape index (κ2) is 8.51. The third-order valence-corrected chi connectivity index (χ3v) is 6.87. The van der Waals surface area contributed by atoms with Crippen molar-refractivity contribution in [3.8, 4) is 5.75 Å². The molecule has 166 valence electrons. The van der Waals surface area contributed by atoms with Crippen molar-refractivity contribution in [1.82, 2.24) is 0 Å². The van der Waals surface area contributed by atoms with Crippen molar-refractivity contribution in [2.24, 2.45) is 0 Å². The largest absolute Gasteiger partial charge is 0.494 e. The fourth-order valence-corrected chi connectivity index (χ4v) is 5.23. The van der Waals surface area contributed by atoms with E-state index in [4.69, 9.17) is 9.47 Å². The normalized spacial score (nSPS) is 14.8. The fourth-order valence-electron chi connectivity index (χ4n) is 3.58. The Hall–Kier alpha value is -3.59. The Kier molecular flexibility index (Phi) is 5.75. The topological polar surface area (TPSA) is 102 Å². The summed E-state index contributed by atoms with van der Waals surface area (Å²) in [5.41, 5.74) is 0.937. The van der Waals surface area contributed by atoms with Crippen molar-refractivity contribution in [2.45, 2.75) is 24.8 Å². The predicted molar refractivity (Wildman–Crippen MR) is 120 cm³/mol. The Morgan fingerprint density at radius 1 is 1.03 bits per heavy atom. The first-order valence-electron chi connectivity index (χ1n) is 10.1. The molecule has 0 spiro atoms. The number of nitrogens with one attached hydrogen (secondary N) is 1. The molecule has 0 saturated carbocycles. The standard InChI is InChI=1S/C23H22N2O6S/c1-3-30-18-12-10-17(11-13-18)24-23(27)15(2)31-21(26)14-25-19-8-4-6-16-7-5-9-20(22(16)19)32(25,28)29/h4-13,15H,3,14H2,1-2H3,(H,24,27). The maximum absolute atomic E-state index is 13.0. The predicted octanol–water partition coefficient (Wildman–Crippen LogP) is 3.32. The third kappa shape index (κ3) is 3.99. The molecule has 1 heterocycles. The summed E-state index contributed by atoms with van der Waals surface area (Å²) in [7, 11) is -3.89. The number of esters is 1. The lowest BCUT2D eigenvalue weighted by atomic mass is 10.1. The molecule has 0 bridgehead atoms. The molecule has 3 aromatic rings. The Bertz CT molecular complexity index is 1280. The highest BCUT2D eigenvalue weighted by Crippen LogP contribution is 2.41. The molecular formula is C23H22N2O6S. The maximum Gasteiger partial charge on any atom is 0.327 e. The van der Waals surface area contributed by atoms with Gasteiger partial charge in [-0.1, -0.05) is 24.3 Å². The zero-order chi connectivity index (χ0) is 22.9. The summed E-state index contributed by atoms with van der Waals surface area (Å²) >= 11 is 0. The summed E-state index contributed by atoms with van der Waals surface area (Å²) in [6.45, 7) is 3.30. The first-order chi connectivity index (χ1) is 15.3. The summed E-state index contributed by atoms with van der Waals surface area (Å²) in [4.78, 5) is 25.1. The lowest BCUT2D eigenvalue weighted by molar-refractivity contribution is -0.151. The van der Waals surface area contributed by atoms with Crippen LogP contribution in [0.25, 0.3) is 10.8 Å². The van der Waals surface area contributed by atoms with Gasteiger partial charge in [0, 0.05) is 11.1 Å². The molecule has 0 radical (unpaired) electrons. The Morgan fingerprint density at radius 3 is 2.41 bits per heavy atom. The first-order valence-corrected chi connectivity index (χ1v) is 11.5. The minimum atomic E-state index is -3.89. The second-order valence-corrected chi connectivity index (χ2v) is 9.05. The number of anilines is 2. The molecule has 0 saturated heterocycles. The summed E-state index contributed by atoms with van der Waals surface area (Å²) in [5.74, 6) is -0.683.